The Kier molecular flexibility index (Phi) is 4.64. The van der Waals surface area contributed by atoms with E-state index in [9.17, 15) is 18.0 Å². The molecule has 3 nitrogen and oxygen atoms in total. The van der Waals surface area contributed by atoms with Crippen molar-refractivity contribution in [2.24, 2.45) is 0 Å². The zero-order valence-electron chi connectivity index (χ0n) is 9.96. The highest BCUT2D eigenvalue weighted by molar-refractivity contribution is 9.10. The summed E-state index contributed by atoms with van der Waals surface area (Å²) in [6, 6.07) is 6.67. The maximum Gasteiger partial charge on any atom is 0.450 e. The van der Waals surface area contributed by atoms with Crippen LogP contribution in [0.5, 0.6) is 0 Å². The van der Waals surface area contributed by atoms with Gasteiger partial charge in [0.2, 0.25) is 5.76 Å². The maximum absolute atomic E-state index is 12.8. The van der Waals surface area contributed by atoms with Crippen molar-refractivity contribution in [1.29, 1.82) is 0 Å². The van der Waals surface area contributed by atoms with Crippen molar-refractivity contribution in [1.82, 2.24) is 0 Å². The third-order valence-corrected chi connectivity index (χ3v) is 4.09. The zero-order chi connectivity index (χ0) is 14.8. The SMILES string of the molecule is O=C(Nc1ccccc1Br)C1=C(C(F)(F)F)OCCS1. The molecule has 1 amide bonds. The summed E-state index contributed by atoms with van der Waals surface area (Å²) in [5.74, 6) is -1.75. The number of para-hydroxylation sites is 1. The van der Waals surface area contributed by atoms with Gasteiger partial charge < -0.3 is 10.1 Å². The van der Waals surface area contributed by atoms with Gasteiger partial charge in [-0.15, -0.1) is 11.8 Å². The minimum absolute atomic E-state index is 0.0642. The van der Waals surface area contributed by atoms with E-state index in [4.69, 9.17) is 0 Å². The van der Waals surface area contributed by atoms with Crippen LogP contribution in [0.4, 0.5) is 18.9 Å². The number of halogens is 4. The molecule has 1 aliphatic rings. The number of rotatable bonds is 2. The Morgan fingerprint density at radius 3 is 2.70 bits per heavy atom. The molecule has 20 heavy (non-hydrogen) atoms. The number of allylic oxidation sites excluding steroid dienone is 1. The molecule has 0 fully saturated rings. The van der Waals surface area contributed by atoms with E-state index in [0.717, 1.165) is 11.8 Å². The van der Waals surface area contributed by atoms with Crippen LogP contribution in [0, 0.1) is 0 Å². The quantitative estimate of drug-likeness (QED) is 0.860. The minimum Gasteiger partial charge on any atom is -0.487 e. The molecule has 0 saturated heterocycles. The Balaban J connectivity index is 2.27. The van der Waals surface area contributed by atoms with Crippen LogP contribution in [0.25, 0.3) is 0 Å². The molecule has 0 unspecified atom stereocenters. The van der Waals surface area contributed by atoms with Gasteiger partial charge in [0, 0.05) is 10.2 Å². The monoisotopic (exact) mass is 367 g/mol. The van der Waals surface area contributed by atoms with Crippen LogP contribution >= 0.6 is 27.7 Å². The summed E-state index contributed by atoms with van der Waals surface area (Å²) in [4.78, 5) is 11.5. The van der Waals surface area contributed by atoms with Crippen molar-refractivity contribution in [2.75, 3.05) is 17.7 Å². The number of carbonyl (C=O) groups excluding carboxylic acids is 1. The van der Waals surface area contributed by atoms with Gasteiger partial charge in [0.25, 0.3) is 5.91 Å². The second kappa shape index (κ2) is 6.09. The van der Waals surface area contributed by atoms with E-state index in [1.807, 2.05) is 0 Å². The number of anilines is 1. The van der Waals surface area contributed by atoms with Gasteiger partial charge in [0.15, 0.2) is 0 Å². The predicted molar refractivity (Wildman–Crippen MR) is 74.3 cm³/mol. The Labute approximate surface area is 125 Å². The summed E-state index contributed by atoms with van der Waals surface area (Å²) in [7, 11) is 0. The number of nitrogens with one attached hydrogen (secondary N) is 1. The van der Waals surface area contributed by atoms with Crippen LogP contribution in [-0.2, 0) is 9.53 Å². The molecular weight excluding hydrogens is 359 g/mol. The number of carbonyl (C=O) groups is 1. The first-order chi connectivity index (χ1) is 9.39. The molecule has 0 aromatic heterocycles. The van der Waals surface area contributed by atoms with Crippen molar-refractivity contribution in [3.8, 4) is 0 Å². The van der Waals surface area contributed by atoms with Gasteiger partial charge in [-0.05, 0) is 28.1 Å². The van der Waals surface area contributed by atoms with Gasteiger partial charge in [0.05, 0.1) is 12.3 Å². The van der Waals surface area contributed by atoms with E-state index in [0.29, 0.717) is 15.9 Å². The molecule has 0 saturated carbocycles. The summed E-state index contributed by atoms with van der Waals surface area (Å²) in [6.45, 7) is -0.0642. The highest BCUT2D eigenvalue weighted by Crippen LogP contribution is 2.37. The first-order valence-electron chi connectivity index (χ1n) is 5.52. The van der Waals surface area contributed by atoms with Gasteiger partial charge in [-0.25, -0.2) is 0 Å². The molecule has 2 rings (SSSR count). The second-order valence-electron chi connectivity index (χ2n) is 3.79. The van der Waals surface area contributed by atoms with E-state index in [1.54, 1.807) is 24.3 Å². The summed E-state index contributed by atoms with van der Waals surface area (Å²) in [6.07, 6.45) is -4.67. The van der Waals surface area contributed by atoms with Crippen LogP contribution in [0.1, 0.15) is 0 Å². The van der Waals surface area contributed by atoms with Gasteiger partial charge in [-0.1, -0.05) is 12.1 Å². The van der Waals surface area contributed by atoms with Crippen LogP contribution in [0.15, 0.2) is 39.4 Å². The van der Waals surface area contributed by atoms with Crippen LogP contribution < -0.4 is 5.32 Å². The Hall–Kier alpha value is -1.15. The fraction of sp³-hybridized carbons (Fsp3) is 0.250. The molecule has 108 valence electrons. The van der Waals surface area contributed by atoms with E-state index in [1.165, 1.54) is 0 Å². The molecule has 1 aromatic rings. The first kappa shape index (κ1) is 15.2. The smallest absolute Gasteiger partial charge is 0.450 e. The Bertz CT molecular complexity index is 560. The molecule has 0 radical (unpaired) electrons. The highest BCUT2D eigenvalue weighted by Gasteiger charge is 2.42. The summed E-state index contributed by atoms with van der Waals surface area (Å²) < 4.78 is 43.5. The lowest BCUT2D eigenvalue weighted by atomic mass is 10.3. The van der Waals surface area contributed by atoms with Crippen molar-refractivity contribution in [3.05, 3.63) is 39.4 Å². The third kappa shape index (κ3) is 3.49. The van der Waals surface area contributed by atoms with Crippen molar-refractivity contribution < 1.29 is 22.7 Å². The van der Waals surface area contributed by atoms with Crippen molar-refractivity contribution in [3.63, 3.8) is 0 Å². The summed E-state index contributed by atoms with van der Waals surface area (Å²) in [5.41, 5.74) is 0.401. The number of hydrogen-bond acceptors (Lipinski definition) is 3. The van der Waals surface area contributed by atoms with Crippen LogP contribution in [-0.4, -0.2) is 24.4 Å². The fourth-order valence-corrected chi connectivity index (χ4v) is 2.78. The van der Waals surface area contributed by atoms with E-state index in [-0.39, 0.29) is 6.61 Å². The average molecular weight is 368 g/mol. The topological polar surface area (TPSA) is 38.3 Å². The molecule has 0 spiro atoms. The number of hydrogen-bond donors (Lipinski definition) is 1. The van der Waals surface area contributed by atoms with Crippen LogP contribution in [0.2, 0.25) is 0 Å². The van der Waals surface area contributed by atoms with E-state index >= 15 is 0 Å². The zero-order valence-corrected chi connectivity index (χ0v) is 12.4. The van der Waals surface area contributed by atoms with E-state index < -0.39 is 22.7 Å². The summed E-state index contributed by atoms with van der Waals surface area (Å²) in [5, 5.41) is 2.44. The van der Waals surface area contributed by atoms with Gasteiger partial charge >= 0.3 is 6.18 Å². The number of amides is 1. The molecule has 8 heteroatoms. The minimum atomic E-state index is -4.67. The number of alkyl halides is 3. The molecule has 1 N–H and O–H groups in total. The van der Waals surface area contributed by atoms with Gasteiger partial charge in [-0.2, -0.15) is 13.2 Å². The average Bonchev–Trinajstić information content (AvgIpc) is 2.40. The van der Waals surface area contributed by atoms with Gasteiger partial charge in [-0.3, -0.25) is 4.79 Å². The lowest BCUT2D eigenvalue weighted by Gasteiger charge is -2.22. The largest absolute Gasteiger partial charge is 0.487 e. The standard InChI is InChI=1S/C12H9BrF3NO2S/c13-7-3-1-2-4-8(7)17-11(18)9-10(12(14,15)16)19-5-6-20-9/h1-4H,5-6H2,(H,17,18). The third-order valence-electron chi connectivity index (χ3n) is 2.37. The molecule has 1 heterocycles. The van der Waals surface area contributed by atoms with E-state index in [2.05, 4.69) is 26.0 Å². The normalized spacial score (nSPS) is 15.8. The first-order valence-corrected chi connectivity index (χ1v) is 7.30. The predicted octanol–water partition coefficient (Wildman–Crippen LogP) is 3.92. The Morgan fingerprint density at radius 2 is 2.05 bits per heavy atom. The highest BCUT2D eigenvalue weighted by atomic mass is 79.9. The fourth-order valence-electron chi connectivity index (χ4n) is 1.54. The molecule has 0 bridgehead atoms. The number of benzene rings is 1. The van der Waals surface area contributed by atoms with Gasteiger partial charge in [0.1, 0.15) is 4.91 Å². The lowest BCUT2D eigenvalue weighted by Crippen LogP contribution is -2.26. The maximum atomic E-state index is 12.8. The second-order valence-corrected chi connectivity index (χ2v) is 5.75. The van der Waals surface area contributed by atoms with Crippen molar-refractivity contribution >= 4 is 39.3 Å². The Morgan fingerprint density at radius 1 is 1.35 bits per heavy atom. The molecule has 0 atom stereocenters. The lowest BCUT2D eigenvalue weighted by molar-refractivity contribution is -0.133. The van der Waals surface area contributed by atoms with Crippen LogP contribution in [0.3, 0.4) is 0 Å². The molecule has 0 aliphatic carbocycles. The molecule has 1 aliphatic heterocycles. The number of thioether (sulfide) groups is 1. The molecular formula is C12H9BrF3NO2S. The number of ether oxygens (including phenoxy) is 1. The molecule has 1 aromatic carbocycles. The van der Waals surface area contributed by atoms with Crippen molar-refractivity contribution in [2.45, 2.75) is 6.18 Å². The summed E-state index contributed by atoms with van der Waals surface area (Å²) >= 11 is 4.05.